The van der Waals surface area contributed by atoms with Crippen molar-refractivity contribution in [2.24, 2.45) is 5.41 Å². The van der Waals surface area contributed by atoms with Gasteiger partial charge in [-0.25, -0.2) is 4.79 Å². The summed E-state index contributed by atoms with van der Waals surface area (Å²) in [4.78, 5) is 39.6. The smallest absolute Gasteiger partial charge is 0.326 e. The van der Waals surface area contributed by atoms with Crippen molar-refractivity contribution in [3.8, 4) is 0 Å². The minimum atomic E-state index is -0.738. The molecule has 0 saturated carbocycles. The third-order valence-electron chi connectivity index (χ3n) is 5.31. The Labute approximate surface area is 173 Å². The largest absolute Gasteiger partial charge is 0.357 e. The molecule has 1 fully saturated rings. The van der Waals surface area contributed by atoms with Crippen LogP contribution in [-0.4, -0.2) is 22.8 Å². The normalized spacial score (nSPS) is 21.1. The summed E-state index contributed by atoms with van der Waals surface area (Å²) in [5.41, 5.74) is 4.87. The maximum absolute atomic E-state index is 11.9. The van der Waals surface area contributed by atoms with Crippen LogP contribution in [0, 0.1) is 5.41 Å². The Hall–Kier alpha value is -2.69. The first-order valence-corrected chi connectivity index (χ1v) is 10.1. The fourth-order valence-corrected chi connectivity index (χ4v) is 3.64. The molecule has 0 aromatic heterocycles. The van der Waals surface area contributed by atoms with Crippen LogP contribution in [0.3, 0.4) is 0 Å². The van der Waals surface area contributed by atoms with Gasteiger partial charge in [-0.05, 0) is 56.6 Å². The first-order valence-electron chi connectivity index (χ1n) is 10.1. The van der Waals surface area contributed by atoms with Crippen molar-refractivity contribution in [3.63, 3.8) is 0 Å². The number of hydroxylamine groups is 2. The lowest BCUT2D eigenvalue weighted by Gasteiger charge is -2.32. The molecule has 1 saturated heterocycles. The molecule has 0 unspecified atom stereocenters. The van der Waals surface area contributed by atoms with Crippen LogP contribution < -0.4 is 0 Å². The molecule has 0 aromatic carbocycles. The minimum absolute atomic E-state index is 0.0832. The Morgan fingerprint density at radius 3 is 2.31 bits per heavy atom. The lowest BCUT2D eigenvalue weighted by molar-refractivity contribution is -0.193. The van der Waals surface area contributed by atoms with Gasteiger partial charge in [-0.15, -0.1) is 5.06 Å². The van der Waals surface area contributed by atoms with E-state index < -0.39 is 17.8 Å². The predicted molar refractivity (Wildman–Crippen MR) is 113 cm³/mol. The monoisotopic (exact) mass is 397 g/mol. The van der Waals surface area contributed by atoms with E-state index in [9.17, 15) is 14.4 Å². The van der Waals surface area contributed by atoms with Crippen LogP contribution in [0.5, 0.6) is 0 Å². The fraction of sp³-hybridized carbons (Fsp3) is 0.458. The highest BCUT2D eigenvalue weighted by molar-refractivity contribution is 6.02. The van der Waals surface area contributed by atoms with Crippen LogP contribution in [0.2, 0.25) is 0 Å². The summed E-state index contributed by atoms with van der Waals surface area (Å²) in [6.45, 7) is 10.6. The van der Waals surface area contributed by atoms with Gasteiger partial charge in [0.2, 0.25) is 0 Å². The molecule has 2 aliphatic rings. The average molecular weight is 398 g/mol. The van der Waals surface area contributed by atoms with E-state index in [0.29, 0.717) is 10.6 Å². The van der Waals surface area contributed by atoms with Gasteiger partial charge in [-0.2, -0.15) is 0 Å². The topological polar surface area (TPSA) is 63.7 Å². The van der Waals surface area contributed by atoms with Crippen LogP contribution >= 0.6 is 0 Å². The van der Waals surface area contributed by atoms with Crippen LogP contribution in [0.25, 0.3) is 0 Å². The average Bonchev–Trinajstić information content (AvgIpc) is 2.92. The van der Waals surface area contributed by atoms with Gasteiger partial charge in [-0.1, -0.05) is 55.4 Å². The molecule has 2 amide bonds. The number of amides is 2. The molecule has 2 rings (SSSR count). The molecular formula is C24H31NO4. The Morgan fingerprint density at radius 1 is 1.03 bits per heavy atom. The third-order valence-corrected chi connectivity index (χ3v) is 5.31. The van der Waals surface area contributed by atoms with Gasteiger partial charge in [0.05, 0.1) is 0 Å². The lowest BCUT2D eigenvalue weighted by Crippen LogP contribution is -2.31. The van der Waals surface area contributed by atoms with Gasteiger partial charge in [0.1, 0.15) is 0 Å². The molecule has 0 radical (unpaired) electrons. The molecule has 0 aromatic rings. The van der Waals surface area contributed by atoms with E-state index in [2.05, 4.69) is 32.9 Å². The lowest BCUT2D eigenvalue weighted by atomic mass is 9.72. The molecular weight excluding hydrogens is 366 g/mol. The fourth-order valence-electron chi connectivity index (χ4n) is 3.64. The Balaban J connectivity index is 1.95. The van der Waals surface area contributed by atoms with Crippen molar-refractivity contribution in [2.45, 2.75) is 66.7 Å². The predicted octanol–water partition coefficient (Wildman–Crippen LogP) is 5.13. The summed E-state index contributed by atoms with van der Waals surface area (Å²) in [5, 5.41) is 0.550. The van der Waals surface area contributed by atoms with E-state index >= 15 is 0 Å². The standard InChI is InChI=1S/C24H31NO4/c1-17(11-12-20-19(3)10-7-15-24(20,4)5)8-6-9-18(2)16-23(28)29-25-21(26)13-14-22(25)27/h6,8-9,11-12,16H,7,10,13-15H2,1-5H3. The number of allylic oxidation sites excluding steroid dienone is 9. The maximum atomic E-state index is 11.9. The Kier molecular flexibility index (Phi) is 7.54. The summed E-state index contributed by atoms with van der Waals surface area (Å²) in [5.74, 6) is -1.71. The molecule has 5 nitrogen and oxygen atoms in total. The van der Waals surface area contributed by atoms with E-state index in [-0.39, 0.29) is 18.3 Å². The molecule has 1 aliphatic heterocycles. The molecule has 5 heteroatoms. The maximum Gasteiger partial charge on any atom is 0.357 e. The molecule has 0 atom stereocenters. The van der Waals surface area contributed by atoms with Crippen molar-refractivity contribution in [2.75, 3.05) is 0 Å². The number of imide groups is 1. The molecule has 0 spiro atoms. The van der Waals surface area contributed by atoms with Crippen molar-refractivity contribution in [3.05, 3.63) is 58.7 Å². The summed E-state index contributed by atoms with van der Waals surface area (Å²) < 4.78 is 0. The molecule has 0 N–H and O–H groups in total. The van der Waals surface area contributed by atoms with E-state index in [1.165, 1.54) is 36.5 Å². The summed E-state index contributed by atoms with van der Waals surface area (Å²) in [7, 11) is 0. The number of hydrogen-bond acceptors (Lipinski definition) is 4. The van der Waals surface area contributed by atoms with Crippen molar-refractivity contribution in [1.29, 1.82) is 0 Å². The van der Waals surface area contributed by atoms with Crippen LogP contribution in [0.15, 0.2) is 58.7 Å². The highest BCUT2D eigenvalue weighted by atomic mass is 16.7. The number of carbonyl (C=O) groups excluding carboxylic acids is 3. The van der Waals surface area contributed by atoms with Gasteiger partial charge >= 0.3 is 5.97 Å². The van der Waals surface area contributed by atoms with Crippen molar-refractivity contribution < 1.29 is 19.2 Å². The number of rotatable bonds is 6. The zero-order valence-electron chi connectivity index (χ0n) is 18.1. The second-order valence-electron chi connectivity index (χ2n) is 8.42. The van der Waals surface area contributed by atoms with Crippen LogP contribution in [-0.2, 0) is 19.2 Å². The summed E-state index contributed by atoms with van der Waals surface area (Å²) in [6, 6.07) is 0. The van der Waals surface area contributed by atoms with E-state index in [1.807, 2.05) is 19.1 Å². The summed E-state index contributed by atoms with van der Waals surface area (Å²) >= 11 is 0. The van der Waals surface area contributed by atoms with Crippen LogP contribution in [0.4, 0.5) is 0 Å². The SMILES string of the molecule is CC(C=CC1=C(C)CCCC1(C)C)=CC=CC(C)=CC(=O)ON1C(=O)CCC1=O. The van der Waals surface area contributed by atoms with E-state index in [0.717, 1.165) is 5.57 Å². The molecule has 156 valence electrons. The van der Waals surface area contributed by atoms with Gasteiger partial charge < -0.3 is 4.84 Å². The highest BCUT2D eigenvalue weighted by Gasteiger charge is 2.32. The quantitative estimate of drug-likeness (QED) is 0.354. The van der Waals surface area contributed by atoms with Gasteiger partial charge in [0.15, 0.2) is 0 Å². The van der Waals surface area contributed by atoms with Gasteiger partial charge in [0.25, 0.3) is 11.8 Å². The zero-order chi connectivity index (χ0) is 21.6. The Morgan fingerprint density at radius 2 is 1.69 bits per heavy atom. The number of carbonyl (C=O) groups is 3. The van der Waals surface area contributed by atoms with E-state index in [1.54, 1.807) is 13.0 Å². The van der Waals surface area contributed by atoms with Crippen molar-refractivity contribution in [1.82, 2.24) is 5.06 Å². The second-order valence-corrected chi connectivity index (χ2v) is 8.42. The molecule has 0 bridgehead atoms. The van der Waals surface area contributed by atoms with Gasteiger partial charge in [-0.3, -0.25) is 9.59 Å². The van der Waals surface area contributed by atoms with Crippen molar-refractivity contribution >= 4 is 17.8 Å². The first-order chi connectivity index (χ1) is 13.6. The Bertz CT molecular complexity index is 821. The first kappa shape index (κ1) is 22.6. The summed E-state index contributed by atoms with van der Waals surface area (Å²) in [6.07, 6.45) is 15.0. The number of nitrogens with zero attached hydrogens (tertiary/aromatic N) is 1. The van der Waals surface area contributed by atoms with Gasteiger partial charge in [0, 0.05) is 18.9 Å². The third kappa shape index (κ3) is 6.41. The highest BCUT2D eigenvalue weighted by Crippen LogP contribution is 2.40. The molecule has 29 heavy (non-hydrogen) atoms. The van der Waals surface area contributed by atoms with E-state index in [4.69, 9.17) is 4.84 Å². The molecule has 1 aliphatic carbocycles. The second kappa shape index (κ2) is 9.68. The minimum Gasteiger partial charge on any atom is -0.326 e. The van der Waals surface area contributed by atoms with Crippen LogP contribution in [0.1, 0.15) is 66.7 Å². The zero-order valence-corrected chi connectivity index (χ0v) is 18.1. The number of hydrogen-bond donors (Lipinski definition) is 0. The molecule has 1 heterocycles.